The number of methoxy groups -OCH3 is 2. The van der Waals surface area contributed by atoms with Gasteiger partial charge in [-0.2, -0.15) is 0 Å². The zero-order valence-corrected chi connectivity index (χ0v) is 19.7. The van der Waals surface area contributed by atoms with Gasteiger partial charge in [0.15, 0.2) is 0 Å². The highest BCUT2D eigenvalue weighted by Crippen LogP contribution is 2.46. The van der Waals surface area contributed by atoms with Crippen LogP contribution in [0.4, 0.5) is 8.78 Å². The second kappa shape index (κ2) is 9.04. The van der Waals surface area contributed by atoms with Crippen molar-refractivity contribution < 1.29 is 23.0 Å². The minimum atomic E-state index is -0.751. The van der Waals surface area contributed by atoms with Crippen molar-refractivity contribution in [3.63, 3.8) is 0 Å². The number of halogens is 2. The lowest BCUT2D eigenvalue weighted by Crippen LogP contribution is -2.07. The first-order chi connectivity index (χ1) is 16.5. The molecule has 0 saturated heterocycles. The summed E-state index contributed by atoms with van der Waals surface area (Å²) in [5.74, 6) is -1.18. The van der Waals surface area contributed by atoms with Crippen LogP contribution in [0.25, 0.3) is 43.4 Å². The molecule has 0 saturated carbocycles. The predicted octanol–water partition coefficient (Wildman–Crippen LogP) is 6.43. The molecule has 0 unspecified atom stereocenters. The number of aromatic nitrogens is 2. The summed E-state index contributed by atoms with van der Waals surface area (Å²) in [4.78, 5) is 4.79. The van der Waals surface area contributed by atoms with Crippen LogP contribution in [0.3, 0.4) is 0 Å². The van der Waals surface area contributed by atoms with E-state index in [0.29, 0.717) is 5.56 Å². The highest BCUT2D eigenvalue weighted by atomic mass is 32.1. The minimum Gasteiger partial charge on any atom is -0.490 e. The van der Waals surface area contributed by atoms with Crippen molar-refractivity contribution in [1.29, 1.82) is 0 Å². The highest BCUT2D eigenvalue weighted by molar-refractivity contribution is 7.17. The third kappa shape index (κ3) is 3.78. The fourth-order valence-corrected chi connectivity index (χ4v) is 5.08. The zero-order valence-electron chi connectivity index (χ0n) is 18.9. The van der Waals surface area contributed by atoms with Gasteiger partial charge in [-0.3, -0.25) is 0 Å². The summed E-state index contributed by atoms with van der Waals surface area (Å²) in [5.41, 5.74) is 3.30. The van der Waals surface area contributed by atoms with E-state index in [2.05, 4.69) is 10.6 Å². The number of rotatable bonds is 7. The average Bonchev–Trinajstić information content (AvgIpc) is 3.45. The number of hydrogen-bond acceptors (Lipinski definition) is 5. The van der Waals surface area contributed by atoms with Crippen molar-refractivity contribution in [3.05, 3.63) is 65.7 Å². The fourth-order valence-electron chi connectivity index (χ4n) is 4.17. The van der Waals surface area contributed by atoms with Crippen LogP contribution in [-0.2, 0) is 11.8 Å². The quantitative estimate of drug-likeness (QED) is 0.252. The second-order valence-corrected chi connectivity index (χ2v) is 8.73. The first-order valence-corrected chi connectivity index (χ1v) is 11.5. The molecular formula is C26H22F2N2O3S. The topological polar surface area (TPSA) is 45.5 Å². The van der Waals surface area contributed by atoms with Crippen LogP contribution in [0.2, 0.25) is 0 Å². The highest BCUT2D eigenvalue weighted by Gasteiger charge is 2.25. The molecule has 5 rings (SSSR count). The molecule has 0 N–H and O–H groups in total. The number of fused-ring (bicyclic) bond motifs is 2. The summed E-state index contributed by atoms with van der Waals surface area (Å²) in [7, 11) is 5.02. The Morgan fingerprint density at radius 3 is 2.65 bits per heavy atom. The lowest BCUT2D eigenvalue weighted by molar-refractivity contribution is 0.146. The first kappa shape index (κ1) is 22.3. The van der Waals surface area contributed by atoms with Crippen LogP contribution < -0.4 is 9.47 Å². The fraction of sp³-hybridized carbons (Fsp3) is 0.192. The number of pyridine rings is 1. The molecule has 8 heteroatoms. The van der Waals surface area contributed by atoms with Gasteiger partial charge < -0.3 is 18.8 Å². The van der Waals surface area contributed by atoms with Gasteiger partial charge in [-0.1, -0.05) is 6.07 Å². The van der Waals surface area contributed by atoms with Gasteiger partial charge in [-0.25, -0.2) is 13.8 Å². The maximum Gasteiger partial charge on any atom is 0.222 e. The van der Waals surface area contributed by atoms with Gasteiger partial charge in [-0.05, 0) is 29.6 Å². The van der Waals surface area contributed by atoms with Crippen molar-refractivity contribution in [1.82, 2.24) is 9.55 Å². The lowest BCUT2D eigenvalue weighted by atomic mass is 9.99. The van der Waals surface area contributed by atoms with Gasteiger partial charge in [0.05, 0.1) is 35.2 Å². The molecule has 0 bridgehead atoms. The van der Waals surface area contributed by atoms with Gasteiger partial charge in [0, 0.05) is 54.3 Å². The summed E-state index contributed by atoms with van der Waals surface area (Å²) in [6.07, 6.45) is 2.01. The van der Waals surface area contributed by atoms with E-state index in [9.17, 15) is 4.39 Å². The predicted molar refractivity (Wildman–Crippen MR) is 131 cm³/mol. The van der Waals surface area contributed by atoms with E-state index in [0.717, 1.165) is 38.3 Å². The number of aryl methyl sites for hydroxylation is 1. The Balaban J connectivity index is 1.74. The minimum absolute atomic E-state index is 0.0700. The number of benzene rings is 2. The Morgan fingerprint density at radius 2 is 1.85 bits per heavy atom. The van der Waals surface area contributed by atoms with E-state index in [1.165, 1.54) is 31.6 Å². The smallest absolute Gasteiger partial charge is 0.222 e. The molecule has 5 aromatic rings. The summed E-state index contributed by atoms with van der Waals surface area (Å²) in [5, 5.41) is 3.77. The molecule has 34 heavy (non-hydrogen) atoms. The molecule has 0 radical (unpaired) electrons. The normalized spacial score (nSPS) is 11.4. The van der Waals surface area contributed by atoms with Crippen molar-refractivity contribution in [2.75, 3.05) is 27.4 Å². The Hall–Kier alpha value is -3.49. The third-order valence-corrected chi connectivity index (χ3v) is 6.66. The van der Waals surface area contributed by atoms with Crippen LogP contribution in [0.15, 0.2) is 54.0 Å². The van der Waals surface area contributed by atoms with Crippen molar-refractivity contribution >= 4 is 32.3 Å². The van der Waals surface area contributed by atoms with Gasteiger partial charge in [0.1, 0.15) is 24.0 Å². The SMILES string of the molecule is COCCOc1cc(F)cc(F)c1-c1c(OC)nc(-c2ccc3c(ccn3C)c2)c2sccc12. The van der Waals surface area contributed by atoms with Crippen LogP contribution in [0.1, 0.15) is 0 Å². The summed E-state index contributed by atoms with van der Waals surface area (Å²) < 4.78 is 48.6. The Kier molecular flexibility index (Phi) is 5.93. The Labute approximate surface area is 199 Å². The Morgan fingerprint density at radius 1 is 1.00 bits per heavy atom. The summed E-state index contributed by atoms with van der Waals surface area (Å²) in [6, 6.07) is 12.1. The van der Waals surface area contributed by atoms with E-state index in [4.69, 9.17) is 19.2 Å². The molecular weight excluding hydrogens is 458 g/mol. The molecule has 2 aromatic carbocycles. The van der Waals surface area contributed by atoms with Crippen LogP contribution in [0, 0.1) is 11.6 Å². The van der Waals surface area contributed by atoms with Gasteiger partial charge in [0.25, 0.3) is 0 Å². The van der Waals surface area contributed by atoms with E-state index >= 15 is 4.39 Å². The maximum atomic E-state index is 15.2. The van der Waals surface area contributed by atoms with Crippen molar-refractivity contribution in [2.45, 2.75) is 0 Å². The molecule has 3 heterocycles. The third-order valence-electron chi connectivity index (χ3n) is 5.74. The van der Waals surface area contributed by atoms with Gasteiger partial charge in [0.2, 0.25) is 5.88 Å². The molecule has 0 fully saturated rings. The summed E-state index contributed by atoms with van der Waals surface area (Å²) in [6.45, 7) is 0.422. The van der Waals surface area contributed by atoms with Gasteiger partial charge >= 0.3 is 0 Å². The van der Waals surface area contributed by atoms with Gasteiger partial charge in [-0.15, -0.1) is 11.3 Å². The standard InChI is InChI=1S/C26H22F2N2O3S/c1-30-8-6-15-12-16(4-5-20(15)30)24-25-18(7-11-34-25)22(26(29-24)32-3)23-19(28)13-17(27)14-21(23)33-10-9-31-2/h4-8,11-14H,9-10H2,1-3H3. The van der Waals surface area contributed by atoms with Crippen molar-refractivity contribution in [3.8, 4) is 34.0 Å². The average molecular weight is 481 g/mol. The number of nitrogens with zero attached hydrogens (tertiary/aromatic N) is 2. The molecule has 0 aliphatic heterocycles. The lowest BCUT2D eigenvalue weighted by Gasteiger charge is -2.17. The monoisotopic (exact) mass is 480 g/mol. The van der Waals surface area contributed by atoms with Crippen LogP contribution >= 0.6 is 11.3 Å². The molecule has 0 spiro atoms. The van der Waals surface area contributed by atoms with E-state index in [1.807, 2.05) is 42.9 Å². The molecule has 0 atom stereocenters. The summed E-state index contributed by atoms with van der Waals surface area (Å²) >= 11 is 1.50. The molecule has 0 aliphatic carbocycles. The van der Waals surface area contributed by atoms with E-state index < -0.39 is 11.6 Å². The van der Waals surface area contributed by atoms with E-state index in [1.54, 1.807) is 0 Å². The zero-order chi connectivity index (χ0) is 23.8. The largest absolute Gasteiger partial charge is 0.490 e. The van der Waals surface area contributed by atoms with E-state index in [-0.39, 0.29) is 30.4 Å². The second-order valence-electron chi connectivity index (χ2n) is 7.81. The Bertz CT molecular complexity index is 1510. The first-order valence-electron chi connectivity index (χ1n) is 10.6. The van der Waals surface area contributed by atoms with Crippen LogP contribution in [-0.4, -0.2) is 37.0 Å². The molecule has 174 valence electrons. The number of hydrogen-bond donors (Lipinski definition) is 0. The molecule has 3 aromatic heterocycles. The number of ether oxygens (including phenoxy) is 3. The molecule has 0 aliphatic rings. The van der Waals surface area contributed by atoms with Crippen molar-refractivity contribution in [2.24, 2.45) is 7.05 Å². The maximum absolute atomic E-state index is 15.2. The molecule has 0 amide bonds. The molecule has 5 nitrogen and oxygen atoms in total. The number of thiophene rings is 1. The van der Waals surface area contributed by atoms with Crippen LogP contribution in [0.5, 0.6) is 11.6 Å².